The van der Waals surface area contributed by atoms with Crippen molar-refractivity contribution in [3.63, 3.8) is 0 Å². The fraction of sp³-hybridized carbons (Fsp3) is 1.00. The van der Waals surface area contributed by atoms with E-state index in [1.165, 1.54) is 0 Å². The fourth-order valence-corrected chi connectivity index (χ4v) is 4.50. The minimum atomic E-state index is -1.65. The van der Waals surface area contributed by atoms with Gasteiger partial charge in [-0.2, -0.15) is 0 Å². The van der Waals surface area contributed by atoms with E-state index in [1.807, 2.05) is 0 Å². The molecule has 3 saturated heterocycles. The van der Waals surface area contributed by atoms with Crippen molar-refractivity contribution in [2.24, 2.45) is 5.92 Å². The van der Waals surface area contributed by atoms with E-state index in [9.17, 15) is 51.1 Å². The zero-order valence-electron chi connectivity index (χ0n) is 18.8. The minimum Gasteiger partial charge on any atom is -0.394 e. The molecule has 3 aliphatic heterocycles. The van der Waals surface area contributed by atoms with Crippen LogP contribution in [0.4, 0.5) is 0 Å². The molecule has 3 aliphatic rings. The third-order valence-corrected chi connectivity index (χ3v) is 6.65. The first kappa shape index (κ1) is 29.0. The van der Waals surface area contributed by atoms with E-state index < -0.39 is 105 Å². The Morgan fingerprint density at radius 3 is 1.80 bits per heavy atom. The molecule has 0 spiro atoms. The lowest BCUT2D eigenvalue weighted by atomic mass is 9.86. The second kappa shape index (κ2) is 12.8. The molecule has 15 nitrogen and oxygen atoms in total. The van der Waals surface area contributed by atoms with Crippen molar-refractivity contribution in [1.29, 1.82) is 0 Å². The molecule has 7 unspecified atom stereocenters. The molecular formula is C20H36O15. The molecular weight excluding hydrogens is 480 g/mol. The second-order valence-corrected chi connectivity index (χ2v) is 8.99. The Bertz CT molecular complexity index is 640. The molecule has 35 heavy (non-hydrogen) atoms. The highest BCUT2D eigenvalue weighted by atomic mass is 16.7. The maximum atomic E-state index is 10.7. The van der Waals surface area contributed by atoms with Crippen LogP contribution in [0.25, 0.3) is 0 Å². The monoisotopic (exact) mass is 516 g/mol. The van der Waals surface area contributed by atoms with Crippen LogP contribution in [0.2, 0.25) is 0 Å². The summed E-state index contributed by atoms with van der Waals surface area (Å²) < 4.78 is 27.4. The average Bonchev–Trinajstić information content (AvgIpc) is 2.85. The first-order valence-electron chi connectivity index (χ1n) is 11.4. The first-order chi connectivity index (χ1) is 16.6. The van der Waals surface area contributed by atoms with Crippen molar-refractivity contribution in [3.8, 4) is 0 Å². The number of rotatable bonds is 9. The molecule has 3 heterocycles. The average molecular weight is 516 g/mol. The topological polar surface area (TPSA) is 248 Å². The summed E-state index contributed by atoms with van der Waals surface area (Å²) >= 11 is 0. The molecule has 14 atom stereocenters. The summed E-state index contributed by atoms with van der Waals surface area (Å²) in [4.78, 5) is 0. The summed E-state index contributed by atoms with van der Waals surface area (Å²) in [5.41, 5.74) is 0. The van der Waals surface area contributed by atoms with Crippen LogP contribution >= 0.6 is 0 Å². The van der Waals surface area contributed by atoms with E-state index in [0.29, 0.717) is 0 Å². The predicted molar refractivity (Wildman–Crippen MR) is 110 cm³/mol. The van der Waals surface area contributed by atoms with Gasteiger partial charge in [-0.3, -0.25) is 0 Å². The van der Waals surface area contributed by atoms with Crippen LogP contribution in [0.15, 0.2) is 0 Å². The largest absolute Gasteiger partial charge is 0.394 e. The molecule has 0 aliphatic carbocycles. The van der Waals surface area contributed by atoms with Crippen LogP contribution in [-0.4, -0.2) is 170 Å². The standard InChI is InChI=1S/C20H36O15/c21-1-9-13(25)7(4-31-6-12-16(28)17(29)15(27)10(2-22)34-12)19(11(3-23)33-9)35-20-18(30)14(26)8(24)5-32-20/h7-30H,1-6H2/t7?,8-,9-,10?,11+,12+,13+,14?,15-,16?,17?,18?,19?,20+/m1/s1. The van der Waals surface area contributed by atoms with Gasteiger partial charge in [0.2, 0.25) is 0 Å². The van der Waals surface area contributed by atoms with E-state index in [1.54, 1.807) is 0 Å². The Labute approximate surface area is 200 Å². The van der Waals surface area contributed by atoms with Crippen LogP contribution in [-0.2, 0) is 23.7 Å². The second-order valence-electron chi connectivity index (χ2n) is 8.99. The van der Waals surface area contributed by atoms with E-state index in [4.69, 9.17) is 23.7 Å². The SMILES string of the molecule is OCC1O[C@@H](COCC2C(O[C@@H]3OC[C@@H](O)C(O)C3O)[C@H](CO)O[C@H](CO)[C@H]2O)C(O)C(O)[C@@H]1O. The van der Waals surface area contributed by atoms with Gasteiger partial charge in [-0.05, 0) is 0 Å². The zero-order chi connectivity index (χ0) is 25.9. The molecule has 0 radical (unpaired) electrons. The van der Waals surface area contributed by atoms with Crippen molar-refractivity contribution in [3.05, 3.63) is 0 Å². The lowest BCUT2D eigenvalue weighted by molar-refractivity contribution is -0.322. The van der Waals surface area contributed by atoms with Gasteiger partial charge in [0.25, 0.3) is 0 Å². The smallest absolute Gasteiger partial charge is 0.186 e. The Kier molecular flexibility index (Phi) is 10.6. The number of hydrogen-bond donors (Lipinski definition) is 10. The normalized spacial score (nSPS) is 49.2. The van der Waals surface area contributed by atoms with Crippen molar-refractivity contribution >= 4 is 0 Å². The van der Waals surface area contributed by atoms with Gasteiger partial charge in [-0.15, -0.1) is 0 Å². The van der Waals surface area contributed by atoms with Gasteiger partial charge < -0.3 is 74.7 Å². The maximum Gasteiger partial charge on any atom is 0.186 e. The minimum absolute atomic E-state index is 0.300. The lowest BCUT2D eigenvalue weighted by Crippen LogP contribution is -2.62. The number of hydrogen-bond acceptors (Lipinski definition) is 15. The van der Waals surface area contributed by atoms with Crippen LogP contribution in [0.1, 0.15) is 0 Å². The fourth-order valence-electron chi connectivity index (χ4n) is 4.50. The van der Waals surface area contributed by atoms with Crippen LogP contribution < -0.4 is 0 Å². The molecule has 10 N–H and O–H groups in total. The molecule has 3 rings (SSSR count). The summed E-state index contributed by atoms with van der Waals surface area (Å²) in [6, 6.07) is 0. The Balaban J connectivity index is 1.69. The van der Waals surface area contributed by atoms with Gasteiger partial charge >= 0.3 is 0 Å². The van der Waals surface area contributed by atoms with Gasteiger partial charge in [-0.1, -0.05) is 0 Å². The van der Waals surface area contributed by atoms with Gasteiger partial charge in [-0.25, -0.2) is 0 Å². The summed E-state index contributed by atoms with van der Waals surface area (Å²) in [5.74, 6) is -0.984. The zero-order valence-corrected chi connectivity index (χ0v) is 18.8. The quantitative estimate of drug-likeness (QED) is 0.137. The molecule has 0 aromatic carbocycles. The van der Waals surface area contributed by atoms with Gasteiger partial charge in [0.15, 0.2) is 6.29 Å². The van der Waals surface area contributed by atoms with E-state index in [-0.39, 0.29) is 19.8 Å². The molecule has 3 fully saturated rings. The molecule has 0 amide bonds. The third kappa shape index (κ3) is 6.28. The van der Waals surface area contributed by atoms with Gasteiger partial charge in [0.05, 0.1) is 51.8 Å². The van der Waals surface area contributed by atoms with Crippen molar-refractivity contribution in [1.82, 2.24) is 0 Å². The summed E-state index contributed by atoms with van der Waals surface area (Å²) in [6.45, 7) is -2.80. The predicted octanol–water partition coefficient (Wildman–Crippen LogP) is -6.60. The Morgan fingerprint density at radius 2 is 1.17 bits per heavy atom. The Morgan fingerprint density at radius 1 is 0.600 bits per heavy atom. The van der Waals surface area contributed by atoms with Gasteiger partial charge in [0.1, 0.15) is 61.0 Å². The van der Waals surface area contributed by atoms with E-state index >= 15 is 0 Å². The van der Waals surface area contributed by atoms with Crippen molar-refractivity contribution in [2.75, 3.05) is 39.6 Å². The first-order valence-corrected chi connectivity index (χ1v) is 11.4. The maximum absolute atomic E-state index is 10.7. The van der Waals surface area contributed by atoms with Crippen LogP contribution in [0, 0.1) is 5.92 Å². The van der Waals surface area contributed by atoms with Crippen LogP contribution in [0.5, 0.6) is 0 Å². The molecule has 0 saturated carbocycles. The number of aliphatic hydroxyl groups is 10. The molecule has 0 bridgehead atoms. The summed E-state index contributed by atoms with van der Waals surface area (Å²) in [7, 11) is 0. The van der Waals surface area contributed by atoms with Crippen molar-refractivity contribution in [2.45, 2.75) is 79.5 Å². The highest BCUT2D eigenvalue weighted by Crippen LogP contribution is 2.32. The summed E-state index contributed by atoms with van der Waals surface area (Å²) in [5, 5.41) is 99.2. The number of ether oxygens (including phenoxy) is 5. The van der Waals surface area contributed by atoms with E-state index in [0.717, 1.165) is 0 Å². The highest BCUT2D eigenvalue weighted by molar-refractivity contribution is 4.95. The molecule has 15 heteroatoms. The lowest BCUT2D eigenvalue weighted by Gasteiger charge is -2.46. The van der Waals surface area contributed by atoms with Gasteiger partial charge in [0, 0.05) is 5.92 Å². The van der Waals surface area contributed by atoms with E-state index in [2.05, 4.69) is 0 Å². The Hall–Kier alpha value is -0.600. The molecule has 0 aromatic rings. The molecule has 0 aromatic heterocycles. The number of aliphatic hydroxyl groups excluding tert-OH is 10. The molecule has 206 valence electrons. The summed E-state index contributed by atoms with van der Waals surface area (Å²) in [6.07, 6.45) is -17.7. The van der Waals surface area contributed by atoms with Crippen LogP contribution in [0.3, 0.4) is 0 Å². The van der Waals surface area contributed by atoms with Crippen molar-refractivity contribution < 1.29 is 74.7 Å². The third-order valence-electron chi connectivity index (χ3n) is 6.65. The highest BCUT2D eigenvalue weighted by Gasteiger charge is 2.49.